The SMILES string of the molecule is CCCNCC(CCC)CCS. The van der Waals surface area contributed by atoms with Gasteiger partial charge in [-0.3, -0.25) is 0 Å². The van der Waals surface area contributed by atoms with Crippen molar-refractivity contribution in [3.05, 3.63) is 0 Å². The third kappa shape index (κ3) is 6.99. The Morgan fingerprint density at radius 3 is 2.42 bits per heavy atom. The molecule has 0 aromatic heterocycles. The van der Waals surface area contributed by atoms with Gasteiger partial charge in [0.15, 0.2) is 0 Å². The molecule has 0 aliphatic carbocycles. The molecule has 0 spiro atoms. The fraction of sp³-hybridized carbons (Fsp3) is 1.00. The molecule has 0 aliphatic rings. The molecule has 12 heavy (non-hydrogen) atoms. The molecule has 0 aromatic carbocycles. The lowest BCUT2D eigenvalue weighted by Crippen LogP contribution is -2.23. The van der Waals surface area contributed by atoms with Gasteiger partial charge < -0.3 is 5.32 Å². The second kappa shape index (κ2) is 9.40. The largest absolute Gasteiger partial charge is 0.316 e. The highest BCUT2D eigenvalue weighted by Gasteiger charge is 2.04. The molecule has 0 radical (unpaired) electrons. The van der Waals surface area contributed by atoms with E-state index in [-0.39, 0.29) is 0 Å². The Balaban J connectivity index is 3.34. The van der Waals surface area contributed by atoms with Crippen LogP contribution in [0.2, 0.25) is 0 Å². The van der Waals surface area contributed by atoms with Crippen LogP contribution in [0, 0.1) is 5.92 Å². The highest BCUT2D eigenvalue weighted by Crippen LogP contribution is 2.10. The lowest BCUT2D eigenvalue weighted by atomic mass is 10.0. The van der Waals surface area contributed by atoms with E-state index in [1.54, 1.807) is 0 Å². The van der Waals surface area contributed by atoms with Crippen molar-refractivity contribution in [2.75, 3.05) is 18.8 Å². The number of rotatable bonds is 8. The van der Waals surface area contributed by atoms with Gasteiger partial charge in [0.05, 0.1) is 0 Å². The first-order valence-electron chi connectivity index (χ1n) is 5.16. The average molecular weight is 189 g/mol. The Hall–Kier alpha value is 0.310. The molecule has 0 saturated heterocycles. The van der Waals surface area contributed by atoms with Crippen LogP contribution in [0.5, 0.6) is 0 Å². The Morgan fingerprint density at radius 1 is 1.17 bits per heavy atom. The Bertz CT molecular complexity index is 79.9. The number of nitrogens with one attached hydrogen (secondary N) is 1. The van der Waals surface area contributed by atoms with E-state index >= 15 is 0 Å². The summed E-state index contributed by atoms with van der Waals surface area (Å²) in [4.78, 5) is 0. The molecule has 0 amide bonds. The van der Waals surface area contributed by atoms with Crippen LogP contribution in [0.1, 0.15) is 39.5 Å². The van der Waals surface area contributed by atoms with Crippen LogP contribution in [0.3, 0.4) is 0 Å². The Morgan fingerprint density at radius 2 is 1.92 bits per heavy atom. The van der Waals surface area contributed by atoms with Gasteiger partial charge in [0.25, 0.3) is 0 Å². The van der Waals surface area contributed by atoms with E-state index in [1.165, 1.54) is 32.2 Å². The maximum Gasteiger partial charge on any atom is -0.00202 e. The van der Waals surface area contributed by atoms with Crippen molar-refractivity contribution >= 4 is 12.6 Å². The highest BCUT2D eigenvalue weighted by atomic mass is 32.1. The topological polar surface area (TPSA) is 12.0 Å². The second-order valence-electron chi connectivity index (χ2n) is 3.37. The summed E-state index contributed by atoms with van der Waals surface area (Å²) >= 11 is 4.27. The second-order valence-corrected chi connectivity index (χ2v) is 3.82. The predicted octanol–water partition coefficient (Wildman–Crippen LogP) is 2.72. The zero-order chi connectivity index (χ0) is 9.23. The van der Waals surface area contributed by atoms with Crippen molar-refractivity contribution in [1.29, 1.82) is 0 Å². The first-order valence-corrected chi connectivity index (χ1v) is 5.79. The standard InChI is InChI=1S/C10H23NS/c1-3-5-10(6-8-12)9-11-7-4-2/h10-12H,3-9H2,1-2H3. The minimum absolute atomic E-state index is 0.846. The molecule has 1 nitrogen and oxygen atoms in total. The molecule has 74 valence electrons. The van der Waals surface area contributed by atoms with Crippen molar-refractivity contribution < 1.29 is 0 Å². The molecule has 1 atom stereocenters. The lowest BCUT2D eigenvalue weighted by molar-refractivity contribution is 0.432. The van der Waals surface area contributed by atoms with Crippen molar-refractivity contribution in [2.45, 2.75) is 39.5 Å². The Labute approximate surface area is 82.7 Å². The first kappa shape index (κ1) is 12.3. The van der Waals surface area contributed by atoms with E-state index in [2.05, 4.69) is 31.8 Å². The van der Waals surface area contributed by atoms with E-state index in [0.717, 1.165) is 18.2 Å². The predicted molar refractivity (Wildman–Crippen MR) is 60.0 cm³/mol. The minimum atomic E-state index is 0.846. The fourth-order valence-corrected chi connectivity index (χ4v) is 1.79. The van der Waals surface area contributed by atoms with E-state index in [4.69, 9.17) is 0 Å². The number of hydrogen-bond acceptors (Lipinski definition) is 2. The van der Waals surface area contributed by atoms with Gasteiger partial charge in [-0.2, -0.15) is 12.6 Å². The van der Waals surface area contributed by atoms with Gasteiger partial charge in [-0.25, -0.2) is 0 Å². The summed E-state index contributed by atoms with van der Waals surface area (Å²) in [6, 6.07) is 0. The molecule has 0 heterocycles. The summed E-state index contributed by atoms with van der Waals surface area (Å²) in [6.45, 7) is 6.81. The molecule has 2 heteroatoms. The smallest absolute Gasteiger partial charge is 0.00202 e. The van der Waals surface area contributed by atoms with Gasteiger partial charge >= 0.3 is 0 Å². The first-order chi connectivity index (χ1) is 5.85. The molecule has 1 unspecified atom stereocenters. The summed E-state index contributed by atoms with van der Waals surface area (Å²) < 4.78 is 0. The van der Waals surface area contributed by atoms with Gasteiger partial charge in [-0.1, -0.05) is 20.3 Å². The van der Waals surface area contributed by atoms with Gasteiger partial charge in [-0.05, 0) is 44.0 Å². The van der Waals surface area contributed by atoms with Crippen molar-refractivity contribution in [3.8, 4) is 0 Å². The van der Waals surface area contributed by atoms with Crippen LogP contribution < -0.4 is 5.32 Å². The molecule has 1 N–H and O–H groups in total. The fourth-order valence-electron chi connectivity index (χ4n) is 1.42. The molecule has 0 saturated carbocycles. The third-order valence-electron chi connectivity index (χ3n) is 2.09. The molecular weight excluding hydrogens is 166 g/mol. The van der Waals surface area contributed by atoms with E-state index in [1.807, 2.05) is 0 Å². The third-order valence-corrected chi connectivity index (χ3v) is 2.35. The van der Waals surface area contributed by atoms with Gasteiger partial charge in [0, 0.05) is 0 Å². The molecule has 0 bridgehead atoms. The molecule has 0 aromatic rings. The zero-order valence-electron chi connectivity index (χ0n) is 8.47. The van der Waals surface area contributed by atoms with Crippen LogP contribution >= 0.6 is 12.6 Å². The summed E-state index contributed by atoms with van der Waals surface area (Å²) in [6.07, 6.45) is 5.14. The molecular formula is C10H23NS. The quantitative estimate of drug-likeness (QED) is 0.442. The number of thiol groups is 1. The molecule has 0 fully saturated rings. The Kier molecular flexibility index (Phi) is 9.64. The minimum Gasteiger partial charge on any atom is -0.316 e. The van der Waals surface area contributed by atoms with Gasteiger partial charge in [0.2, 0.25) is 0 Å². The molecule has 0 aliphatic heterocycles. The monoisotopic (exact) mass is 189 g/mol. The zero-order valence-corrected chi connectivity index (χ0v) is 9.37. The van der Waals surface area contributed by atoms with Crippen LogP contribution in [0.15, 0.2) is 0 Å². The van der Waals surface area contributed by atoms with Gasteiger partial charge in [-0.15, -0.1) is 0 Å². The van der Waals surface area contributed by atoms with E-state index in [0.29, 0.717) is 0 Å². The summed E-state index contributed by atoms with van der Waals surface area (Å²) in [7, 11) is 0. The van der Waals surface area contributed by atoms with Crippen molar-refractivity contribution in [3.63, 3.8) is 0 Å². The van der Waals surface area contributed by atoms with Crippen LogP contribution in [-0.2, 0) is 0 Å². The highest BCUT2D eigenvalue weighted by molar-refractivity contribution is 7.80. The maximum atomic E-state index is 4.27. The normalized spacial score (nSPS) is 13.2. The summed E-state index contributed by atoms with van der Waals surface area (Å²) in [5.74, 6) is 1.87. The van der Waals surface area contributed by atoms with E-state index < -0.39 is 0 Å². The van der Waals surface area contributed by atoms with Crippen molar-refractivity contribution in [1.82, 2.24) is 5.32 Å². The van der Waals surface area contributed by atoms with E-state index in [9.17, 15) is 0 Å². The molecule has 0 rings (SSSR count). The average Bonchev–Trinajstić information content (AvgIpc) is 2.06. The summed E-state index contributed by atoms with van der Waals surface area (Å²) in [5, 5.41) is 3.47. The number of hydrogen-bond donors (Lipinski definition) is 2. The van der Waals surface area contributed by atoms with Crippen LogP contribution in [-0.4, -0.2) is 18.8 Å². The van der Waals surface area contributed by atoms with Crippen LogP contribution in [0.25, 0.3) is 0 Å². The maximum absolute atomic E-state index is 4.27. The van der Waals surface area contributed by atoms with Crippen molar-refractivity contribution in [2.24, 2.45) is 5.92 Å². The summed E-state index contributed by atoms with van der Waals surface area (Å²) in [5.41, 5.74) is 0. The van der Waals surface area contributed by atoms with Gasteiger partial charge in [0.1, 0.15) is 0 Å². The lowest BCUT2D eigenvalue weighted by Gasteiger charge is -2.15. The van der Waals surface area contributed by atoms with Crippen LogP contribution in [0.4, 0.5) is 0 Å².